The van der Waals surface area contributed by atoms with Crippen LogP contribution < -0.4 is 14.8 Å². The van der Waals surface area contributed by atoms with Crippen LogP contribution in [0.2, 0.25) is 0 Å². The maximum atomic E-state index is 12.6. The highest BCUT2D eigenvalue weighted by molar-refractivity contribution is 6.09. The molecule has 1 N–H and O–H groups in total. The lowest BCUT2D eigenvalue weighted by Gasteiger charge is -2.11. The first-order chi connectivity index (χ1) is 17.0. The number of hydrogen-bond acceptors (Lipinski definition) is 6. The van der Waals surface area contributed by atoms with Crippen molar-refractivity contribution in [1.29, 1.82) is 5.26 Å². The fraction of sp³-hybridized carbons (Fsp3) is 0.393. The van der Waals surface area contributed by atoms with E-state index in [2.05, 4.69) is 12.2 Å². The van der Waals surface area contributed by atoms with Crippen molar-refractivity contribution in [3.63, 3.8) is 0 Å². The number of hydrogen-bond donors (Lipinski definition) is 1. The number of unbranched alkanes of at least 4 members (excludes halogenated alkanes) is 4. The molecule has 0 heterocycles. The molecule has 35 heavy (non-hydrogen) atoms. The van der Waals surface area contributed by atoms with Gasteiger partial charge in [-0.05, 0) is 60.9 Å². The summed E-state index contributed by atoms with van der Waals surface area (Å²) in [7, 11) is 1.55. The number of amides is 1. The molecule has 0 aliphatic heterocycles. The van der Waals surface area contributed by atoms with Crippen molar-refractivity contribution in [3.8, 4) is 17.6 Å². The molecule has 0 radical (unpaired) electrons. The van der Waals surface area contributed by atoms with E-state index in [9.17, 15) is 14.9 Å². The van der Waals surface area contributed by atoms with Crippen molar-refractivity contribution >= 4 is 23.6 Å². The summed E-state index contributed by atoms with van der Waals surface area (Å²) in [6.45, 7) is 5.16. The van der Waals surface area contributed by atoms with Crippen LogP contribution in [0.3, 0.4) is 0 Å². The fourth-order valence-electron chi connectivity index (χ4n) is 3.20. The highest BCUT2D eigenvalue weighted by atomic mass is 16.5. The topological polar surface area (TPSA) is 97.7 Å². The lowest BCUT2D eigenvalue weighted by molar-refractivity contribution is -0.112. The number of esters is 1. The third-order valence-corrected chi connectivity index (χ3v) is 5.23. The van der Waals surface area contributed by atoms with Gasteiger partial charge in [0.2, 0.25) is 0 Å². The van der Waals surface area contributed by atoms with Crippen molar-refractivity contribution in [3.05, 3.63) is 59.2 Å². The first-order valence-corrected chi connectivity index (χ1v) is 12.0. The van der Waals surface area contributed by atoms with Crippen LogP contribution in [0.5, 0.6) is 11.5 Å². The molecule has 0 saturated heterocycles. The summed E-state index contributed by atoms with van der Waals surface area (Å²) >= 11 is 0. The molecule has 0 spiro atoms. The second-order valence-electron chi connectivity index (χ2n) is 8.01. The fourth-order valence-corrected chi connectivity index (χ4v) is 3.20. The summed E-state index contributed by atoms with van der Waals surface area (Å²) in [5, 5.41) is 12.2. The van der Waals surface area contributed by atoms with E-state index < -0.39 is 11.9 Å². The Morgan fingerprint density at radius 3 is 2.34 bits per heavy atom. The molecule has 0 fully saturated rings. The van der Waals surface area contributed by atoms with Gasteiger partial charge in [-0.2, -0.15) is 5.26 Å². The summed E-state index contributed by atoms with van der Waals surface area (Å²) in [5.41, 5.74) is 1.43. The zero-order chi connectivity index (χ0) is 25.5. The van der Waals surface area contributed by atoms with Crippen molar-refractivity contribution in [2.75, 3.05) is 25.6 Å². The van der Waals surface area contributed by atoms with E-state index >= 15 is 0 Å². The molecule has 186 valence electrons. The Balaban J connectivity index is 2.03. The summed E-state index contributed by atoms with van der Waals surface area (Å²) in [6, 6.07) is 13.6. The van der Waals surface area contributed by atoms with Crippen molar-refractivity contribution in [2.45, 2.75) is 52.4 Å². The predicted octanol–water partition coefficient (Wildman–Crippen LogP) is 6.16. The average Bonchev–Trinajstić information content (AvgIpc) is 2.88. The highest BCUT2D eigenvalue weighted by Gasteiger charge is 2.12. The summed E-state index contributed by atoms with van der Waals surface area (Å²) < 4.78 is 16.4. The first-order valence-electron chi connectivity index (χ1n) is 12.0. The molecule has 1 amide bonds. The minimum absolute atomic E-state index is 0.0664. The minimum atomic E-state index is -0.555. The van der Waals surface area contributed by atoms with E-state index in [0.717, 1.165) is 32.1 Å². The van der Waals surface area contributed by atoms with E-state index in [0.29, 0.717) is 41.5 Å². The molecule has 0 unspecified atom stereocenters. The largest absolute Gasteiger partial charge is 0.493 e. The highest BCUT2D eigenvalue weighted by Crippen LogP contribution is 2.29. The van der Waals surface area contributed by atoms with Crippen LogP contribution in [0.1, 0.15) is 68.3 Å². The molecule has 2 rings (SSSR count). The monoisotopic (exact) mass is 478 g/mol. The van der Waals surface area contributed by atoms with Crippen LogP contribution in [0.15, 0.2) is 48.0 Å². The Morgan fingerprint density at radius 2 is 1.69 bits per heavy atom. The van der Waals surface area contributed by atoms with Crippen molar-refractivity contribution in [1.82, 2.24) is 0 Å². The summed E-state index contributed by atoms with van der Waals surface area (Å²) in [6.07, 6.45) is 7.67. The van der Waals surface area contributed by atoms with E-state index in [1.165, 1.54) is 12.5 Å². The van der Waals surface area contributed by atoms with Crippen LogP contribution in [-0.2, 0) is 9.53 Å². The second-order valence-corrected chi connectivity index (χ2v) is 8.01. The van der Waals surface area contributed by atoms with E-state index in [4.69, 9.17) is 14.2 Å². The smallest absolute Gasteiger partial charge is 0.338 e. The SMILES string of the molecule is CCCCCCOc1ccc(/C=C(\C#N)C(=O)Nc2ccc(C(=O)OCCCC)cc2)cc1OC. The minimum Gasteiger partial charge on any atom is -0.493 e. The zero-order valence-electron chi connectivity index (χ0n) is 20.8. The number of rotatable bonds is 14. The molecule has 0 atom stereocenters. The first kappa shape index (κ1) is 27.5. The van der Waals surface area contributed by atoms with Crippen LogP contribution in [0, 0.1) is 11.3 Å². The van der Waals surface area contributed by atoms with Crippen LogP contribution in [0.4, 0.5) is 5.69 Å². The van der Waals surface area contributed by atoms with Crippen molar-refractivity contribution < 1.29 is 23.8 Å². The molecule has 0 saturated carbocycles. The molecule has 0 aliphatic rings. The Morgan fingerprint density at radius 1 is 0.943 bits per heavy atom. The van der Waals surface area contributed by atoms with Gasteiger partial charge in [0.15, 0.2) is 11.5 Å². The molecule has 2 aromatic rings. The number of carbonyl (C=O) groups is 2. The standard InChI is InChI=1S/C28H34N2O5/c1-4-6-8-9-17-34-25-15-10-21(19-26(25)33-3)18-23(20-29)27(31)30-24-13-11-22(12-14-24)28(32)35-16-7-5-2/h10-15,18-19H,4-9,16-17H2,1-3H3,(H,30,31)/b23-18+. The number of carbonyl (C=O) groups excluding carboxylic acids is 2. The summed E-state index contributed by atoms with van der Waals surface area (Å²) in [4.78, 5) is 24.6. The maximum absolute atomic E-state index is 12.6. The van der Waals surface area contributed by atoms with E-state index in [1.807, 2.05) is 13.0 Å². The van der Waals surface area contributed by atoms with Gasteiger partial charge in [0.25, 0.3) is 5.91 Å². The van der Waals surface area contributed by atoms with Gasteiger partial charge in [0.05, 0.1) is 25.9 Å². The molecule has 0 aliphatic carbocycles. The normalized spacial score (nSPS) is 10.9. The third kappa shape index (κ3) is 9.17. The quantitative estimate of drug-likeness (QED) is 0.151. The van der Waals surface area contributed by atoms with Gasteiger partial charge in [-0.1, -0.05) is 45.6 Å². The molecular formula is C28H34N2O5. The molecule has 7 heteroatoms. The molecular weight excluding hydrogens is 444 g/mol. The number of benzene rings is 2. The number of methoxy groups -OCH3 is 1. The van der Waals surface area contributed by atoms with Gasteiger partial charge in [0.1, 0.15) is 11.6 Å². The Kier molecular flexibility index (Phi) is 11.9. The molecule has 7 nitrogen and oxygen atoms in total. The molecule has 2 aromatic carbocycles. The van der Waals surface area contributed by atoms with Crippen molar-refractivity contribution in [2.24, 2.45) is 0 Å². The maximum Gasteiger partial charge on any atom is 0.338 e. The van der Waals surface area contributed by atoms with Crippen LogP contribution in [0.25, 0.3) is 6.08 Å². The Bertz CT molecular complexity index is 1040. The lowest BCUT2D eigenvalue weighted by Crippen LogP contribution is -2.13. The summed E-state index contributed by atoms with van der Waals surface area (Å²) in [5.74, 6) is 0.197. The number of nitrogens with one attached hydrogen (secondary N) is 1. The van der Waals surface area contributed by atoms with Gasteiger partial charge in [0, 0.05) is 5.69 Å². The number of nitriles is 1. The van der Waals surface area contributed by atoms with Gasteiger partial charge in [-0.3, -0.25) is 4.79 Å². The van der Waals surface area contributed by atoms with Gasteiger partial charge >= 0.3 is 5.97 Å². The van der Waals surface area contributed by atoms with Gasteiger partial charge < -0.3 is 19.5 Å². The van der Waals surface area contributed by atoms with E-state index in [-0.39, 0.29) is 5.57 Å². The Labute approximate surface area is 207 Å². The van der Waals surface area contributed by atoms with Gasteiger partial charge in [-0.15, -0.1) is 0 Å². The Hall–Kier alpha value is -3.79. The zero-order valence-corrected chi connectivity index (χ0v) is 20.8. The number of nitrogens with zero attached hydrogens (tertiary/aromatic N) is 1. The number of anilines is 1. The van der Waals surface area contributed by atoms with Crippen LogP contribution >= 0.6 is 0 Å². The lowest BCUT2D eigenvalue weighted by atomic mass is 10.1. The van der Waals surface area contributed by atoms with E-state index in [1.54, 1.807) is 49.6 Å². The van der Waals surface area contributed by atoms with Gasteiger partial charge in [-0.25, -0.2) is 4.79 Å². The van der Waals surface area contributed by atoms with Crippen LogP contribution in [-0.4, -0.2) is 32.2 Å². The average molecular weight is 479 g/mol. The number of ether oxygens (including phenoxy) is 3. The molecule has 0 aromatic heterocycles. The predicted molar refractivity (Wildman–Crippen MR) is 136 cm³/mol. The third-order valence-electron chi connectivity index (χ3n) is 5.23. The second kappa shape index (κ2) is 15.2. The molecule has 0 bridgehead atoms.